The standard InChI is InChI=1S/C10H9N5O2S/c1-7-12-10(14-13-7)15-18(16,17)9-5-3-2-4-8(9)6-11/h2-5H,1H3,(H2,12,13,14,15). The Morgan fingerprint density at radius 1 is 1.39 bits per heavy atom. The summed E-state index contributed by atoms with van der Waals surface area (Å²) in [6.07, 6.45) is 0. The van der Waals surface area contributed by atoms with E-state index in [4.69, 9.17) is 5.26 Å². The van der Waals surface area contributed by atoms with E-state index in [1.807, 2.05) is 6.07 Å². The molecule has 0 radical (unpaired) electrons. The zero-order valence-electron chi connectivity index (χ0n) is 9.38. The summed E-state index contributed by atoms with van der Waals surface area (Å²) < 4.78 is 26.3. The van der Waals surface area contributed by atoms with E-state index in [0.717, 1.165) is 0 Å². The van der Waals surface area contributed by atoms with E-state index in [1.165, 1.54) is 12.1 Å². The molecule has 7 nitrogen and oxygen atoms in total. The SMILES string of the molecule is Cc1nc(NS(=O)(=O)c2ccccc2C#N)n[nH]1. The number of nitrogens with zero attached hydrogens (tertiary/aromatic N) is 3. The molecule has 1 aromatic heterocycles. The van der Waals surface area contributed by atoms with Crippen molar-refractivity contribution in [2.45, 2.75) is 11.8 Å². The Kier molecular flexibility index (Phi) is 2.99. The van der Waals surface area contributed by atoms with Gasteiger partial charge in [-0.05, 0) is 19.1 Å². The molecular formula is C10H9N5O2S. The van der Waals surface area contributed by atoms with Crippen LogP contribution in [0, 0.1) is 18.3 Å². The summed E-state index contributed by atoms with van der Waals surface area (Å²) in [5.74, 6) is 0.432. The fourth-order valence-electron chi connectivity index (χ4n) is 1.36. The maximum absolute atomic E-state index is 12.0. The number of aromatic amines is 1. The van der Waals surface area contributed by atoms with Gasteiger partial charge in [0.25, 0.3) is 16.0 Å². The number of aromatic nitrogens is 3. The van der Waals surface area contributed by atoms with Gasteiger partial charge in [0.2, 0.25) is 0 Å². The van der Waals surface area contributed by atoms with Gasteiger partial charge in [0.1, 0.15) is 16.8 Å². The van der Waals surface area contributed by atoms with Crippen molar-refractivity contribution in [1.82, 2.24) is 15.2 Å². The fraction of sp³-hybridized carbons (Fsp3) is 0.100. The molecule has 0 aliphatic carbocycles. The number of hydrogen-bond donors (Lipinski definition) is 2. The second kappa shape index (κ2) is 4.46. The fourth-order valence-corrected chi connectivity index (χ4v) is 2.46. The number of nitriles is 1. The third kappa shape index (κ3) is 2.31. The van der Waals surface area contributed by atoms with Crippen LogP contribution in [-0.4, -0.2) is 23.6 Å². The van der Waals surface area contributed by atoms with E-state index < -0.39 is 10.0 Å². The Labute approximate surface area is 104 Å². The zero-order chi connectivity index (χ0) is 13.2. The number of rotatable bonds is 3. The van der Waals surface area contributed by atoms with Crippen molar-refractivity contribution < 1.29 is 8.42 Å². The number of aryl methyl sites for hydroxylation is 1. The third-order valence-electron chi connectivity index (χ3n) is 2.12. The average molecular weight is 263 g/mol. The molecule has 2 N–H and O–H groups in total. The van der Waals surface area contributed by atoms with Crippen molar-refractivity contribution in [3.63, 3.8) is 0 Å². The molecule has 0 unspecified atom stereocenters. The lowest BCUT2D eigenvalue weighted by atomic mass is 10.2. The molecule has 0 atom stereocenters. The molecule has 0 fully saturated rings. The molecular weight excluding hydrogens is 254 g/mol. The summed E-state index contributed by atoms with van der Waals surface area (Å²) in [5.41, 5.74) is 0.0669. The van der Waals surface area contributed by atoms with E-state index in [1.54, 1.807) is 19.1 Å². The quantitative estimate of drug-likeness (QED) is 0.850. The Bertz CT molecular complexity index is 714. The Morgan fingerprint density at radius 3 is 2.72 bits per heavy atom. The first-order valence-electron chi connectivity index (χ1n) is 4.94. The third-order valence-corrected chi connectivity index (χ3v) is 3.51. The first-order valence-corrected chi connectivity index (χ1v) is 6.42. The van der Waals surface area contributed by atoms with Gasteiger partial charge < -0.3 is 0 Å². The Balaban J connectivity index is 2.40. The molecule has 1 aromatic carbocycles. The highest BCUT2D eigenvalue weighted by atomic mass is 32.2. The second-order valence-corrected chi connectivity index (χ2v) is 5.11. The Hall–Kier alpha value is -2.40. The number of hydrogen-bond acceptors (Lipinski definition) is 5. The lowest BCUT2D eigenvalue weighted by Crippen LogP contribution is -2.15. The lowest BCUT2D eigenvalue weighted by molar-refractivity contribution is 0.600. The van der Waals surface area contributed by atoms with E-state index >= 15 is 0 Å². The molecule has 1 heterocycles. The molecule has 0 amide bonds. The van der Waals surface area contributed by atoms with Crippen LogP contribution in [0.5, 0.6) is 0 Å². The van der Waals surface area contributed by atoms with Crippen LogP contribution in [-0.2, 0) is 10.0 Å². The molecule has 0 bridgehead atoms. The van der Waals surface area contributed by atoms with Gasteiger partial charge in [-0.25, -0.2) is 13.1 Å². The molecule has 0 aliphatic rings. The topological polar surface area (TPSA) is 112 Å². The monoisotopic (exact) mass is 263 g/mol. The molecule has 0 saturated carbocycles. The first-order chi connectivity index (χ1) is 8.53. The van der Waals surface area contributed by atoms with Gasteiger partial charge in [-0.3, -0.25) is 5.10 Å². The van der Waals surface area contributed by atoms with E-state index in [-0.39, 0.29) is 16.4 Å². The van der Waals surface area contributed by atoms with Crippen LogP contribution in [0.2, 0.25) is 0 Å². The van der Waals surface area contributed by atoms with Crippen LogP contribution in [0.15, 0.2) is 29.2 Å². The summed E-state index contributed by atoms with van der Waals surface area (Å²) in [6.45, 7) is 1.65. The maximum atomic E-state index is 12.0. The summed E-state index contributed by atoms with van der Waals surface area (Å²) in [6, 6.07) is 7.73. The molecule has 0 saturated heterocycles. The number of benzene rings is 1. The summed E-state index contributed by atoms with van der Waals surface area (Å²) in [4.78, 5) is 3.74. The van der Waals surface area contributed by atoms with Crippen molar-refractivity contribution in [3.8, 4) is 6.07 Å². The molecule has 92 valence electrons. The van der Waals surface area contributed by atoms with Crippen LogP contribution in [0.3, 0.4) is 0 Å². The first kappa shape index (κ1) is 12.1. The van der Waals surface area contributed by atoms with Gasteiger partial charge in [0, 0.05) is 0 Å². The predicted octanol–water partition coefficient (Wildman–Crippen LogP) is 0.786. The molecule has 2 aromatic rings. The van der Waals surface area contributed by atoms with Crippen LogP contribution < -0.4 is 4.72 Å². The molecule has 8 heteroatoms. The number of H-pyrrole nitrogens is 1. The van der Waals surface area contributed by atoms with E-state index in [9.17, 15) is 8.42 Å². The van der Waals surface area contributed by atoms with Crippen LogP contribution in [0.25, 0.3) is 0 Å². The highest BCUT2D eigenvalue weighted by Gasteiger charge is 2.19. The van der Waals surface area contributed by atoms with E-state index in [2.05, 4.69) is 19.9 Å². The maximum Gasteiger partial charge on any atom is 0.265 e. The number of anilines is 1. The second-order valence-electron chi connectivity index (χ2n) is 3.46. The van der Waals surface area contributed by atoms with Crippen molar-refractivity contribution in [3.05, 3.63) is 35.7 Å². The summed E-state index contributed by atoms with van der Waals surface area (Å²) >= 11 is 0. The highest BCUT2D eigenvalue weighted by molar-refractivity contribution is 7.92. The summed E-state index contributed by atoms with van der Waals surface area (Å²) in [7, 11) is -3.86. The highest BCUT2D eigenvalue weighted by Crippen LogP contribution is 2.16. The van der Waals surface area contributed by atoms with Crippen molar-refractivity contribution >= 4 is 16.0 Å². The van der Waals surface area contributed by atoms with E-state index in [0.29, 0.717) is 5.82 Å². The van der Waals surface area contributed by atoms with Gasteiger partial charge in [0.15, 0.2) is 0 Å². The predicted molar refractivity (Wildman–Crippen MR) is 63.1 cm³/mol. The van der Waals surface area contributed by atoms with Gasteiger partial charge in [-0.15, -0.1) is 5.10 Å². The Morgan fingerprint density at radius 2 is 2.11 bits per heavy atom. The lowest BCUT2D eigenvalue weighted by Gasteiger charge is -2.05. The zero-order valence-corrected chi connectivity index (χ0v) is 10.2. The average Bonchev–Trinajstić information content (AvgIpc) is 2.74. The minimum atomic E-state index is -3.86. The van der Waals surface area contributed by atoms with Gasteiger partial charge in [-0.1, -0.05) is 12.1 Å². The van der Waals surface area contributed by atoms with Crippen molar-refractivity contribution in [2.75, 3.05) is 4.72 Å². The van der Waals surface area contributed by atoms with Gasteiger partial charge >= 0.3 is 0 Å². The van der Waals surface area contributed by atoms with Crippen molar-refractivity contribution in [1.29, 1.82) is 5.26 Å². The van der Waals surface area contributed by atoms with Crippen LogP contribution in [0.1, 0.15) is 11.4 Å². The smallest absolute Gasteiger partial charge is 0.261 e. The van der Waals surface area contributed by atoms with Crippen LogP contribution in [0.4, 0.5) is 5.95 Å². The normalized spacial score (nSPS) is 10.9. The minimum Gasteiger partial charge on any atom is -0.261 e. The molecule has 0 spiro atoms. The van der Waals surface area contributed by atoms with Gasteiger partial charge in [0.05, 0.1) is 5.56 Å². The molecule has 2 rings (SSSR count). The van der Waals surface area contributed by atoms with Crippen LogP contribution >= 0.6 is 0 Å². The molecule has 0 aliphatic heterocycles. The summed E-state index contributed by atoms with van der Waals surface area (Å²) in [5, 5.41) is 15.1. The van der Waals surface area contributed by atoms with Gasteiger partial charge in [-0.2, -0.15) is 10.2 Å². The minimum absolute atomic E-state index is 0.0553. The number of nitrogens with one attached hydrogen (secondary N) is 2. The largest absolute Gasteiger partial charge is 0.265 e. The molecule has 18 heavy (non-hydrogen) atoms. The number of sulfonamides is 1. The van der Waals surface area contributed by atoms with Crippen molar-refractivity contribution in [2.24, 2.45) is 0 Å².